The van der Waals surface area contributed by atoms with Crippen LogP contribution in [0.5, 0.6) is 11.5 Å². The van der Waals surface area contributed by atoms with Crippen LogP contribution in [0.25, 0.3) is 0 Å². The normalized spacial score (nSPS) is 17.4. The zero-order valence-corrected chi connectivity index (χ0v) is 18.9. The van der Waals surface area contributed by atoms with E-state index in [-0.39, 0.29) is 12.5 Å². The van der Waals surface area contributed by atoms with Gasteiger partial charge in [0.25, 0.3) is 5.91 Å². The highest BCUT2D eigenvalue weighted by molar-refractivity contribution is 6.10. The van der Waals surface area contributed by atoms with Crippen molar-refractivity contribution in [2.75, 3.05) is 26.0 Å². The minimum absolute atomic E-state index is 0.277. The molecule has 2 aromatic rings. The molecule has 9 nitrogen and oxygen atoms in total. The van der Waals surface area contributed by atoms with Crippen LogP contribution in [0.1, 0.15) is 37.7 Å². The Balaban J connectivity index is 1.43. The second-order valence-corrected chi connectivity index (χ2v) is 8.38. The summed E-state index contributed by atoms with van der Waals surface area (Å²) in [6.07, 6.45) is 7.51. The van der Waals surface area contributed by atoms with Crippen molar-refractivity contribution in [2.45, 2.75) is 44.2 Å². The number of pyridine rings is 1. The van der Waals surface area contributed by atoms with Crippen molar-refractivity contribution in [2.24, 2.45) is 0 Å². The SMILES string of the molecule is COc1ccc(NC(=O)CN2C(=O)N(C)C3(CCCCC3)C2=O)cc1OCc1ccncc1. The van der Waals surface area contributed by atoms with Gasteiger partial charge in [-0.2, -0.15) is 0 Å². The molecule has 1 aromatic carbocycles. The number of methoxy groups -OCH3 is 1. The first-order chi connectivity index (χ1) is 15.9. The first-order valence-electron chi connectivity index (χ1n) is 11.0. The van der Waals surface area contributed by atoms with E-state index in [1.807, 2.05) is 12.1 Å². The number of amides is 4. The number of carbonyl (C=O) groups is 3. The van der Waals surface area contributed by atoms with Crippen molar-refractivity contribution in [3.63, 3.8) is 0 Å². The number of carbonyl (C=O) groups excluding carboxylic acids is 3. The van der Waals surface area contributed by atoms with Gasteiger partial charge in [-0.1, -0.05) is 19.3 Å². The monoisotopic (exact) mass is 452 g/mol. The van der Waals surface area contributed by atoms with Gasteiger partial charge in [0.05, 0.1) is 7.11 Å². The lowest BCUT2D eigenvalue weighted by molar-refractivity contribution is -0.136. The van der Waals surface area contributed by atoms with Crippen LogP contribution >= 0.6 is 0 Å². The van der Waals surface area contributed by atoms with Crippen molar-refractivity contribution in [3.05, 3.63) is 48.3 Å². The molecule has 0 unspecified atom stereocenters. The number of imide groups is 1. The van der Waals surface area contributed by atoms with Gasteiger partial charge in [0.15, 0.2) is 11.5 Å². The summed E-state index contributed by atoms with van der Waals surface area (Å²) in [6.45, 7) is -0.0233. The van der Waals surface area contributed by atoms with Crippen LogP contribution in [0.4, 0.5) is 10.5 Å². The molecule has 2 heterocycles. The summed E-state index contributed by atoms with van der Waals surface area (Å²) in [5, 5.41) is 2.76. The number of aromatic nitrogens is 1. The summed E-state index contributed by atoms with van der Waals surface area (Å²) in [6, 6.07) is 8.29. The number of ether oxygens (including phenoxy) is 2. The van der Waals surface area contributed by atoms with Gasteiger partial charge in [0.2, 0.25) is 5.91 Å². The second-order valence-electron chi connectivity index (χ2n) is 8.38. The molecule has 1 aliphatic carbocycles. The Morgan fingerprint density at radius 3 is 2.52 bits per heavy atom. The standard InChI is InChI=1S/C24H28N4O5/c1-27-23(31)28(22(30)24(27)10-4-3-5-11-24)15-21(29)26-18-6-7-19(32-2)20(14-18)33-16-17-8-12-25-13-9-17/h6-9,12-14H,3-5,10-11,15-16H2,1-2H3,(H,26,29). The molecular weight excluding hydrogens is 424 g/mol. The van der Waals surface area contributed by atoms with Crippen molar-refractivity contribution in [1.82, 2.24) is 14.8 Å². The summed E-state index contributed by atoms with van der Waals surface area (Å²) in [7, 11) is 3.19. The number of hydrogen-bond acceptors (Lipinski definition) is 6. The van der Waals surface area contributed by atoms with E-state index >= 15 is 0 Å². The molecule has 2 aliphatic rings. The van der Waals surface area contributed by atoms with Crippen molar-refractivity contribution >= 4 is 23.5 Å². The van der Waals surface area contributed by atoms with E-state index in [0.29, 0.717) is 36.6 Å². The zero-order chi connectivity index (χ0) is 23.4. The predicted octanol–water partition coefficient (Wildman–Crippen LogP) is 3.20. The molecule has 9 heteroatoms. The molecule has 2 fully saturated rings. The topological polar surface area (TPSA) is 101 Å². The molecule has 1 saturated carbocycles. The Hall–Kier alpha value is -3.62. The van der Waals surface area contributed by atoms with Gasteiger partial charge in [-0.05, 0) is 42.7 Å². The molecule has 1 N–H and O–H groups in total. The Kier molecular flexibility index (Phi) is 6.48. The minimum atomic E-state index is -0.802. The Morgan fingerprint density at radius 2 is 1.82 bits per heavy atom. The van der Waals surface area contributed by atoms with Crippen LogP contribution in [0.15, 0.2) is 42.7 Å². The van der Waals surface area contributed by atoms with Crippen molar-refractivity contribution in [3.8, 4) is 11.5 Å². The molecule has 33 heavy (non-hydrogen) atoms. The maximum atomic E-state index is 13.1. The van der Waals surface area contributed by atoms with Crippen LogP contribution < -0.4 is 14.8 Å². The lowest BCUT2D eigenvalue weighted by Gasteiger charge is -2.35. The van der Waals surface area contributed by atoms with Gasteiger partial charge in [-0.15, -0.1) is 0 Å². The molecule has 4 amide bonds. The molecule has 0 atom stereocenters. The number of nitrogens with one attached hydrogen (secondary N) is 1. The third-order valence-corrected chi connectivity index (χ3v) is 6.38. The number of likely N-dealkylation sites (N-methyl/N-ethyl adjacent to an activating group) is 1. The van der Waals surface area contributed by atoms with Gasteiger partial charge < -0.3 is 19.7 Å². The number of urea groups is 1. The van der Waals surface area contributed by atoms with Crippen molar-refractivity contribution < 1.29 is 23.9 Å². The van der Waals surface area contributed by atoms with Crippen molar-refractivity contribution in [1.29, 1.82) is 0 Å². The van der Waals surface area contributed by atoms with Gasteiger partial charge >= 0.3 is 6.03 Å². The highest BCUT2D eigenvalue weighted by Gasteiger charge is 2.55. The molecule has 0 bridgehead atoms. The van der Waals surface area contributed by atoms with Gasteiger partial charge in [0.1, 0.15) is 18.7 Å². The molecule has 174 valence electrons. The van der Waals surface area contributed by atoms with E-state index in [1.54, 1.807) is 37.6 Å². The van der Waals surface area contributed by atoms with Crippen LogP contribution in [0, 0.1) is 0 Å². The van der Waals surface area contributed by atoms with Crippen LogP contribution in [-0.4, -0.2) is 58.9 Å². The van der Waals surface area contributed by atoms with E-state index in [1.165, 1.54) is 12.0 Å². The highest BCUT2D eigenvalue weighted by Crippen LogP contribution is 2.39. The van der Waals surface area contributed by atoms with E-state index in [2.05, 4.69) is 10.3 Å². The largest absolute Gasteiger partial charge is 0.493 e. The predicted molar refractivity (Wildman–Crippen MR) is 121 cm³/mol. The van der Waals surface area contributed by atoms with Gasteiger partial charge in [0, 0.05) is 31.2 Å². The third kappa shape index (κ3) is 4.48. The van der Waals surface area contributed by atoms with Gasteiger partial charge in [-0.25, -0.2) is 4.79 Å². The maximum Gasteiger partial charge on any atom is 0.327 e. The molecule has 1 aromatic heterocycles. The average Bonchev–Trinajstić information content (AvgIpc) is 3.00. The minimum Gasteiger partial charge on any atom is -0.493 e. The Bertz CT molecular complexity index is 1040. The summed E-state index contributed by atoms with van der Waals surface area (Å²) in [4.78, 5) is 45.1. The van der Waals surface area contributed by atoms with E-state index in [0.717, 1.165) is 29.7 Å². The molecule has 0 radical (unpaired) electrons. The fourth-order valence-corrected chi connectivity index (χ4v) is 4.52. The number of hydrogen-bond donors (Lipinski definition) is 1. The number of benzene rings is 1. The first kappa shape index (κ1) is 22.6. The Labute approximate surface area is 192 Å². The first-order valence-corrected chi connectivity index (χ1v) is 11.0. The van der Waals surface area contributed by atoms with E-state index < -0.39 is 17.5 Å². The number of nitrogens with zero attached hydrogens (tertiary/aromatic N) is 3. The fraction of sp³-hybridized carbons (Fsp3) is 0.417. The lowest BCUT2D eigenvalue weighted by Crippen LogP contribution is -2.49. The third-order valence-electron chi connectivity index (χ3n) is 6.38. The highest BCUT2D eigenvalue weighted by atomic mass is 16.5. The second kappa shape index (κ2) is 9.48. The van der Waals surface area contributed by atoms with Gasteiger partial charge in [-0.3, -0.25) is 19.5 Å². The van der Waals surface area contributed by atoms with Crippen LogP contribution in [0.2, 0.25) is 0 Å². The smallest absolute Gasteiger partial charge is 0.327 e. The quantitative estimate of drug-likeness (QED) is 0.648. The average molecular weight is 453 g/mol. The molecular formula is C24H28N4O5. The summed E-state index contributed by atoms with van der Waals surface area (Å²) < 4.78 is 11.2. The molecule has 4 rings (SSSR count). The fourth-order valence-electron chi connectivity index (χ4n) is 4.52. The summed E-state index contributed by atoms with van der Waals surface area (Å²) in [5.74, 6) is 0.248. The van der Waals surface area contributed by atoms with Crippen LogP contribution in [-0.2, 0) is 16.2 Å². The van der Waals surface area contributed by atoms with E-state index in [9.17, 15) is 14.4 Å². The maximum absolute atomic E-state index is 13.1. The lowest BCUT2D eigenvalue weighted by atomic mass is 9.81. The van der Waals surface area contributed by atoms with Crippen LogP contribution in [0.3, 0.4) is 0 Å². The summed E-state index contributed by atoms with van der Waals surface area (Å²) >= 11 is 0. The Morgan fingerprint density at radius 1 is 1.09 bits per heavy atom. The number of rotatable bonds is 7. The summed E-state index contributed by atoms with van der Waals surface area (Å²) in [5.41, 5.74) is 0.614. The molecule has 1 aliphatic heterocycles. The number of anilines is 1. The zero-order valence-electron chi connectivity index (χ0n) is 18.9. The molecule has 1 spiro atoms. The molecule has 1 saturated heterocycles. The van der Waals surface area contributed by atoms with E-state index in [4.69, 9.17) is 9.47 Å².